The molecule has 0 bridgehead atoms. The van der Waals surface area contributed by atoms with E-state index >= 15 is 0 Å². The summed E-state index contributed by atoms with van der Waals surface area (Å²) in [5.41, 5.74) is 0. The molecule has 0 radical (unpaired) electrons. The van der Waals surface area contributed by atoms with Gasteiger partial charge in [-0.2, -0.15) is 0 Å². The van der Waals surface area contributed by atoms with Crippen molar-refractivity contribution in [2.45, 2.75) is 136 Å². The van der Waals surface area contributed by atoms with Gasteiger partial charge in [0.1, 0.15) is 6.42 Å². The summed E-state index contributed by atoms with van der Waals surface area (Å²) in [5.74, 6) is -1.72. The van der Waals surface area contributed by atoms with Crippen LogP contribution in [0.1, 0.15) is 124 Å². The highest BCUT2D eigenvalue weighted by molar-refractivity contribution is 5.98. The smallest absolute Gasteiger partial charge is 0.313 e. The number of ketones is 1. The normalized spacial score (nSPS) is 12.3. The monoisotopic (exact) mass is 468 g/mol. The van der Waals surface area contributed by atoms with E-state index in [4.69, 9.17) is 14.2 Å². The molecule has 0 saturated heterocycles. The lowest BCUT2D eigenvalue weighted by Crippen LogP contribution is -2.34. The summed E-state index contributed by atoms with van der Waals surface area (Å²) in [7, 11) is 0. The van der Waals surface area contributed by atoms with Crippen LogP contribution in [0.3, 0.4) is 0 Å². The largest absolute Gasteiger partial charge is 0.466 e. The lowest BCUT2D eigenvalue weighted by Gasteiger charge is -2.19. The summed E-state index contributed by atoms with van der Waals surface area (Å²) in [6, 6.07) is 0. The molecule has 6 nitrogen and oxygen atoms in total. The van der Waals surface area contributed by atoms with E-state index in [2.05, 4.69) is 19.1 Å². The van der Waals surface area contributed by atoms with Crippen molar-refractivity contribution in [3.05, 3.63) is 12.2 Å². The minimum Gasteiger partial charge on any atom is -0.466 e. The Kier molecular flexibility index (Phi) is 21.0. The van der Waals surface area contributed by atoms with Gasteiger partial charge in [-0.15, -0.1) is 0 Å². The number of rotatable bonds is 22. The molecule has 0 amide bonds. The van der Waals surface area contributed by atoms with Crippen LogP contribution in [-0.4, -0.2) is 36.7 Å². The summed E-state index contributed by atoms with van der Waals surface area (Å²) >= 11 is 0. The van der Waals surface area contributed by atoms with Crippen molar-refractivity contribution in [1.29, 1.82) is 0 Å². The summed E-state index contributed by atoms with van der Waals surface area (Å²) in [5, 5.41) is 0. The SMILES string of the molecule is CCCCCCCC/C=C\CCCCCCCC(=O)OC(OC(C)C)C(=O)CC(=O)OCC. The number of Topliss-reactive ketones (excluding diaryl/α,β-unsaturated/α-hetero) is 1. The van der Waals surface area contributed by atoms with Crippen molar-refractivity contribution in [3.8, 4) is 0 Å². The van der Waals surface area contributed by atoms with E-state index in [1.165, 1.54) is 51.4 Å². The van der Waals surface area contributed by atoms with Crippen LogP contribution in [0.25, 0.3) is 0 Å². The Labute approximate surface area is 201 Å². The Bertz CT molecular complexity index is 541. The maximum absolute atomic E-state index is 12.2. The molecule has 0 rings (SSSR count). The third-order valence-electron chi connectivity index (χ3n) is 5.16. The van der Waals surface area contributed by atoms with Gasteiger partial charge in [0.05, 0.1) is 12.7 Å². The molecule has 0 fully saturated rings. The second-order valence-corrected chi connectivity index (χ2v) is 8.79. The van der Waals surface area contributed by atoms with Gasteiger partial charge in [0.2, 0.25) is 5.78 Å². The Balaban J connectivity index is 3.85. The van der Waals surface area contributed by atoms with Gasteiger partial charge < -0.3 is 14.2 Å². The molecule has 0 aliphatic rings. The van der Waals surface area contributed by atoms with Gasteiger partial charge in [-0.1, -0.05) is 70.4 Å². The summed E-state index contributed by atoms with van der Waals surface area (Å²) in [4.78, 5) is 35.8. The summed E-state index contributed by atoms with van der Waals surface area (Å²) in [6.45, 7) is 7.58. The molecule has 1 atom stereocenters. The average Bonchev–Trinajstić information content (AvgIpc) is 2.75. The zero-order chi connectivity index (χ0) is 24.7. The first kappa shape index (κ1) is 31.3. The number of esters is 2. The molecule has 0 aromatic rings. The third kappa shape index (κ3) is 20.6. The molecule has 0 aromatic carbocycles. The van der Waals surface area contributed by atoms with Crippen LogP contribution in [-0.2, 0) is 28.6 Å². The molecule has 0 spiro atoms. The Hall–Kier alpha value is -1.69. The van der Waals surface area contributed by atoms with Gasteiger partial charge in [0, 0.05) is 6.42 Å². The van der Waals surface area contributed by atoms with Gasteiger partial charge in [0.15, 0.2) is 0 Å². The van der Waals surface area contributed by atoms with Gasteiger partial charge in [-0.05, 0) is 52.9 Å². The molecule has 1 unspecified atom stereocenters. The molecule has 33 heavy (non-hydrogen) atoms. The van der Waals surface area contributed by atoms with E-state index in [-0.39, 0.29) is 19.1 Å². The molecular weight excluding hydrogens is 420 g/mol. The van der Waals surface area contributed by atoms with Crippen LogP contribution in [0.2, 0.25) is 0 Å². The number of carbonyl (C=O) groups is 3. The molecule has 6 heteroatoms. The van der Waals surface area contributed by atoms with Crippen LogP contribution in [0, 0.1) is 0 Å². The van der Waals surface area contributed by atoms with Crippen molar-refractivity contribution in [2.24, 2.45) is 0 Å². The Morgan fingerprint density at radius 3 is 1.82 bits per heavy atom. The van der Waals surface area contributed by atoms with E-state index in [1.54, 1.807) is 20.8 Å². The molecule has 192 valence electrons. The second kappa shape index (κ2) is 22.1. The number of ether oxygens (including phenoxy) is 3. The molecule has 0 saturated carbocycles. The number of allylic oxidation sites excluding steroid dienone is 2. The lowest BCUT2D eigenvalue weighted by molar-refractivity contribution is -0.192. The maximum Gasteiger partial charge on any atom is 0.313 e. The van der Waals surface area contributed by atoms with E-state index < -0.39 is 30.4 Å². The number of hydrogen-bond donors (Lipinski definition) is 0. The van der Waals surface area contributed by atoms with Crippen molar-refractivity contribution < 1.29 is 28.6 Å². The number of unbranched alkanes of at least 4 members (excludes halogenated alkanes) is 11. The average molecular weight is 469 g/mol. The molecule has 0 aliphatic heterocycles. The van der Waals surface area contributed by atoms with Crippen molar-refractivity contribution in [1.82, 2.24) is 0 Å². The molecule has 0 aromatic heterocycles. The van der Waals surface area contributed by atoms with Crippen molar-refractivity contribution in [3.63, 3.8) is 0 Å². The van der Waals surface area contributed by atoms with E-state index in [0.29, 0.717) is 6.42 Å². The topological polar surface area (TPSA) is 78.9 Å². The van der Waals surface area contributed by atoms with Crippen molar-refractivity contribution in [2.75, 3.05) is 6.61 Å². The standard InChI is InChI=1S/C27H48O6/c1-5-7-8-9-10-11-12-13-14-15-16-17-18-19-20-21-25(29)33-27(32-23(3)4)24(28)22-26(30)31-6-2/h13-14,23,27H,5-12,15-22H2,1-4H3/b14-13-. The highest BCUT2D eigenvalue weighted by Crippen LogP contribution is 2.12. The highest BCUT2D eigenvalue weighted by Gasteiger charge is 2.27. The first-order chi connectivity index (χ1) is 15.9. The van der Waals surface area contributed by atoms with Crippen LogP contribution >= 0.6 is 0 Å². The van der Waals surface area contributed by atoms with E-state index in [9.17, 15) is 14.4 Å². The van der Waals surface area contributed by atoms with Crippen molar-refractivity contribution >= 4 is 17.7 Å². The van der Waals surface area contributed by atoms with Gasteiger partial charge >= 0.3 is 11.9 Å². The fraction of sp³-hybridized carbons (Fsp3) is 0.815. The van der Waals surface area contributed by atoms with Gasteiger partial charge in [-0.25, -0.2) is 0 Å². The fourth-order valence-electron chi connectivity index (χ4n) is 3.37. The van der Waals surface area contributed by atoms with Crippen LogP contribution < -0.4 is 0 Å². The zero-order valence-corrected chi connectivity index (χ0v) is 21.6. The molecule has 0 N–H and O–H groups in total. The van der Waals surface area contributed by atoms with Gasteiger partial charge in [0.25, 0.3) is 6.29 Å². The maximum atomic E-state index is 12.2. The second-order valence-electron chi connectivity index (χ2n) is 8.79. The lowest BCUT2D eigenvalue weighted by atomic mass is 10.1. The predicted octanol–water partition coefficient (Wildman–Crippen LogP) is 6.84. The third-order valence-corrected chi connectivity index (χ3v) is 5.16. The summed E-state index contributed by atoms with van der Waals surface area (Å²) < 4.78 is 15.4. The van der Waals surface area contributed by atoms with Crippen LogP contribution in [0.15, 0.2) is 12.2 Å². The first-order valence-corrected chi connectivity index (χ1v) is 13.1. The Morgan fingerprint density at radius 1 is 0.727 bits per heavy atom. The Morgan fingerprint density at radius 2 is 1.27 bits per heavy atom. The number of hydrogen-bond acceptors (Lipinski definition) is 6. The molecule has 0 aliphatic carbocycles. The quantitative estimate of drug-likeness (QED) is 0.0569. The number of carbonyl (C=O) groups excluding carboxylic acids is 3. The minimum atomic E-state index is -1.36. The fourth-order valence-corrected chi connectivity index (χ4v) is 3.37. The molecular formula is C27H48O6. The minimum absolute atomic E-state index is 0.192. The van der Waals surface area contributed by atoms with Crippen LogP contribution in [0.4, 0.5) is 0 Å². The zero-order valence-electron chi connectivity index (χ0n) is 21.6. The first-order valence-electron chi connectivity index (χ1n) is 13.1. The highest BCUT2D eigenvalue weighted by atomic mass is 16.7. The van der Waals surface area contributed by atoms with E-state index in [1.807, 2.05) is 0 Å². The van der Waals surface area contributed by atoms with E-state index in [0.717, 1.165) is 25.7 Å². The predicted molar refractivity (Wildman–Crippen MR) is 132 cm³/mol. The van der Waals surface area contributed by atoms with Gasteiger partial charge in [-0.3, -0.25) is 14.4 Å². The summed E-state index contributed by atoms with van der Waals surface area (Å²) in [6.07, 6.45) is 18.1. The van der Waals surface area contributed by atoms with Crippen LogP contribution in [0.5, 0.6) is 0 Å². The molecule has 0 heterocycles.